The van der Waals surface area contributed by atoms with Crippen molar-refractivity contribution in [2.24, 2.45) is 0 Å². The lowest BCUT2D eigenvalue weighted by atomic mass is 9.73. The van der Waals surface area contributed by atoms with Crippen LogP contribution in [0.3, 0.4) is 0 Å². The molecule has 0 N–H and O–H groups in total. The first-order chi connectivity index (χ1) is 15.6. The van der Waals surface area contributed by atoms with Gasteiger partial charge >= 0.3 is 0 Å². The Balaban J connectivity index is 1.23. The first-order valence-corrected chi connectivity index (χ1v) is 12.0. The smallest absolute Gasteiger partial charge is 0.260 e. The average molecular weight is 433 g/mol. The van der Waals surface area contributed by atoms with Gasteiger partial charge in [0, 0.05) is 32.6 Å². The number of likely N-dealkylation sites (tertiary alicyclic amines) is 2. The Morgan fingerprint density at radius 2 is 1.50 bits per heavy atom. The first-order valence-electron chi connectivity index (χ1n) is 12.0. The number of para-hydroxylation sites is 1. The van der Waals surface area contributed by atoms with Crippen LogP contribution in [-0.4, -0.2) is 54.4 Å². The highest BCUT2D eigenvalue weighted by molar-refractivity contribution is 5.78. The number of carbonyl (C=O) groups is 2. The summed E-state index contributed by atoms with van der Waals surface area (Å²) in [5.74, 6) is 1.38. The van der Waals surface area contributed by atoms with Crippen molar-refractivity contribution < 1.29 is 14.3 Å². The van der Waals surface area contributed by atoms with E-state index in [1.54, 1.807) is 0 Å². The van der Waals surface area contributed by atoms with Crippen molar-refractivity contribution in [3.05, 3.63) is 65.7 Å². The van der Waals surface area contributed by atoms with E-state index in [9.17, 15) is 9.59 Å². The molecular weight excluding hydrogens is 400 g/mol. The number of benzene rings is 2. The van der Waals surface area contributed by atoms with Crippen LogP contribution in [0.1, 0.15) is 55.6 Å². The Labute approximate surface area is 190 Å². The lowest BCUT2D eigenvalue weighted by molar-refractivity contribution is -0.135. The maximum Gasteiger partial charge on any atom is 0.260 e. The summed E-state index contributed by atoms with van der Waals surface area (Å²) in [7, 11) is 0. The zero-order valence-corrected chi connectivity index (χ0v) is 18.7. The molecule has 0 bridgehead atoms. The van der Waals surface area contributed by atoms with Crippen LogP contribution in [0.4, 0.5) is 0 Å². The van der Waals surface area contributed by atoms with Gasteiger partial charge in [0.15, 0.2) is 6.61 Å². The number of amides is 2. The van der Waals surface area contributed by atoms with E-state index < -0.39 is 0 Å². The Kier molecular flexibility index (Phi) is 5.90. The van der Waals surface area contributed by atoms with E-state index in [4.69, 9.17) is 4.74 Å². The van der Waals surface area contributed by atoms with Crippen molar-refractivity contribution in [3.8, 4) is 5.75 Å². The highest BCUT2D eigenvalue weighted by Crippen LogP contribution is 2.52. The second-order valence-electron chi connectivity index (χ2n) is 9.54. The topological polar surface area (TPSA) is 49.9 Å². The lowest BCUT2D eigenvalue weighted by Gasteiger charge is -2.40. The molecule has 2 heterocycles. The van der Waals surface area contributed by atoms with Gasteiger partial charge in [0.05, 0.1) is 0 Å². The van der Waals surface area contributed by atoms with Gasteiger partial charge in [0.2, 0.25) is 5.91 Å². The van der Waals surface area contributed by atoms with E-state index in [1.807, 2.05) is 40.1 Å². The number of rotatable bonds is 5. The van der Waals surface area contributed by atoms with Crippen LogP contribution in [0.25, 0.3) is 0 Å². The third-order valence-electron chi connectivity index (χ3n) is 7.67. The largest absolute Gasteiger partial charge is 0.484 e. The normalized spacial score (nSPS) is 21.6. The molecule has 1 atom stereocenters. The van der Waals surface area contributed by atoms with E-state index in [-0.39, 0.29) is 17.9 Å². The number of fused-ring (bicyclic) bond motifs is 2. The Hall–Kier alpha value is -2.82. The minimum atomic E-state index is 0.0516. The Bertz CT molecular complexity index is 960. The minimum Gasteiger partial charge on any atom is -0.484 e. The van der Waals surface area contributed by atoms with E-state index in [2.05, 4.69) is 24.3 Å². The number of piperidine rings is 1. The van der Waals surface area contributed by atoms with E-state index in [0.29, 0.717) is 18.2 Å². The molecule has 2 aliphatic heterocycles. The molecule has 1 spiro atoms. The van der Waals surface area contributed by atoms with Crippen LogP contribution in [0.5, 0.6) is 5.75 Å². The number of hydrogen-bond donors (Lipinski definition) is 0. The molecule has 5 nitrogen and oxygen atoms in total. The second kappa shape index (κ2) is 8.97. The van der Waals surface area contributed by atoms with E-state index in [1.165, 1.54) is 11.1 Å². The third kappa shape index (κ3) is 4.13. The molecule has 5 heteroatoms. The molecule has 1 unspecified atom stereocenters. The fraction of sp³-hybridized carbons (Fsp3) is 0.481. The Morgan fingerprint density at radius 1 is 0.844 bits per heavy atom. The molecule has 0 aromatic heterocycles. The van der Waals surface area contributed by atoms with Crippen molar-refractivity contribution in [3.63, 3.8) is 0 Å². The monoisotopic (exact) mass is 432 g/mol. The molecule has 2 aromatic carbocycles. The van der Waals surface area contributed by atoms with E-state index >= 15 is 0 Å². The molecule has 3 aliphatic rings. The van der Waals surface area contributed by atoms with Gasteiger partial charge in [-0.25, -0.2) is 0 Å². The molecule has 2 aromatic rings. The highest BCUT2D eigenvalue weighted by Gasteiger charge is 2.46. The van der Waals surface area contributed by atoms with Crippen LogP contribution in [-0.2, 0) is 15.0 Å². The Morgan fingerprint density at radius 3 is 2.25 bits per heavy atom. The summed E-state index contributed by atoms with van der Waals surface area (Å²) in [4.78, 5) is 29.6. The maximum atomic E-state index is 12.9. The van der Waals surface area contributed by atoms with Crippen molar-refractivity contribution >= 4 is 11.8 Å². The van der Waals surface area contributed by atoms with Gasteiger partial charge in [-0.1, -0.05) is 42.5 Å². The van der Waals surface area contributed by atoms with Crippen molar-refractivity contribution in [2.75, 3.05) is 32.8 Å². The van der Waals surface area contributed by atoms with Crippen LogP contribution in [0.2, 0.25) is 0 Å². The second-order valence-corrected chi connectivity index (χ2v) is 9.54. The number of hydrogen-bond acceptors (Lipinski definition) is 3. The summed E-state index contributed by atoms with van der Waals surface area (Å²) < 4.78 is 5.67. The molecule has 1 aliphatic carbocycles. The van der Waals surface area contributed by atoms with Crippen LogP contribution >= 0.6 is 0 Å². The predicted molar refractivity (Wildman–Crippen MR) is 124 cm³/mol. The number of nitrogens with zero attached hydrogens (tertiary/aromatic N) is 2. The fourth-order valence-corrected chi connectivity index (χ4v) is 5.93. The summed E-state index contributed by atoms with van der Waals surface area (Å²) in [6, 6.07) is 18.2. The molecule has 0 radical (unpaired) electrons. The van der Waals surface area contributed by atoms with Gasteiger partial charge in [-0.3, -0.25) is 9.59 Å². The van der Waals surface area contributed by atoms with Crippen molar-refractivity contribution in [1.29, 1.82) is 0 Å². The quantitative estimate of drug-likeness (QED) is 0.714. The molecule has 5 rings (SSSR count). The van der Waals surface area contributed by atoms with Gasteiger partial charge in [-0.05, 0) is 66.7 Å². The molecule has 168 valence electrons. The summed E-state index contributed by atoms with van der Waals surface area (Å²) >= 11 is 0. The van der Waals surface area contributed by atoms with Crippen molar-refractivity contribution in [1.82, 2.24) is 9.80 Å². The molecule has 2 saturated heterocycles. The SMILES string of the molecule is O=C(COc1ccccc1)N1CCC2(CC1)CC(CC(=O)N1CCCC1)c1ccccc12. The number of carbonyl (C=O) groups excluding carboxylic acids is 2. The highest BCUT2D eigenvalue weighted by atomic mass is 16.5. The summed E-state index contributed by atoms with van der Waals surface area (Å²) in [5, 5.41) is 0. The van der Waals surface area contributed by atoms with Gasteiger partial charge in [-0.15, -0.1) is 0 Å². The van der Waals surface area contributed by atoms with Gasteiger partial charge in [0.1, 0.15) is 5.75 Å². The zero-order valence-electron chi connectivity index (χ0n) is 18.7. The van der Waals surface area contributed by atoms with Crippen LogP contribution in [0.15, 0.2) is 54.6 Å². The van der Waals surface area contributed by atoms with Gasteiger partial charge in [0.25, 0.3) is 5.91 Å². The lowest BCUT2D eigenvalue weighted by Crippen LogP contribution is -2.46. The molecule has 2 fully saturated rings. The van der Waals surface area contributed by atoms with Crippen LogP contribution in [0, 0.1) is 0 Å². The summed E-state index contributed by atoms with van der Waals surface area (Å²) in [5.41, 5.74) is 2.85. The molecule has 32 heavy (non-hydrogen) atoms. The maximum absolute atomic E-state index is 12.9. The minimum absolute atomic E-state index is 0.0516. The molecule has 0 saturated carbocycles. The summed E-state index contributed by atoms with van der Waals surface area (Å²) in [6.45, 7) is 3.41. The van der Waals surface area contributed by atoms with Gasteiger partial charge < -0.3 is 14.5 Å². The van der Waals surface area contributed by atoms with Crippen LogP contribution < -0.4 is 4.74 Å². The molecular formula is C27H32N2O3. The standard InChI is InChI=1S/C27H32N2O3/c30-25(28-14-6-7-15-28)18-21-19-27(24-11-5-4-10-23(21)24)12-16-29(17-13-27)26(31)20-32-22-8-2-1-3-9-22/h1-5,8-11,21H,6-7,12-20H2. The third-order valence-corrected chi connectivity index (χ3v) is 7.67. The average Bonchev–Trinajstić information content (AvgIpc) is 3.47. The number of ether oxygens (including phenoxy) is 1. The predicted octanol–water partition coefficient (Wildman–Crippen LogP) is 4.13. The van der Waals surface area contributed by atoms with Gasteiger partial charge in [-0.2, -0.15) is 0 Å². The fourth-order valence-electron chi connectivity index (χ4n) is 5.93. The molecule has 2 amide bonds. The van der Waals surface area contributed by atoms with Crippen molar-refractivity contribution in [2.45, 2.75) is 49.9 Å². The first kappa shape index (κ1) is 21.0. The van der Waals surface area contributed by atoms with E-state index in [0.717, 1.165) is 64.0 Å². The zero-order chi connectivity index (χ0) is 22.0. The summed E-state index contributed by atoms with van der Waals surface area (Å²) in [6.07, 6.45) is 5.81.